The quantitative estimate of drug-likeness (QED) is 0.583. The molecule has 0 bridgehead atoms. The summed E-state index contributed by atoms with van der Waals surface area (Å²) in [5.41, 5.74) is 0.947. The van der Waals surface area contributed by atoms with E-state index in [-0.39, 0.29) is 6.61 Å². The minimum Gasteiger partial charge on any atom is -0.395 e. The van der Waals surface area contributed by atoms with Crippen LogP contribution in [0.3, 0.4) is 0 Å². The number of benzene rings is 1. The highest BCUT2D eigenvalue weighted by atomic mass is 32.2. The summed E-state index contributed by atoms with van der Waals surface area (Å²) in [5.74, 6) is 1.11. The van der Waals surface area contributed by atoms with Crippen molar-refractivity contribution in [1.29, 1.82) is 0 Å². The van der Waals surface area contributed by atoms with Gasteiger partial charge in [-0.2, -0.15) is 4.80 Å². The Bertz CT molecular complexity index is 598. The SMILES string of the molecule is OCCNSc1ccc(-c2nnn(CC3CCCOC3)n2)cc1. The van der Waals surface area contributed by atoms with Crippen LogP contribution in [0.2, 0.25) is 0 Å². The Morgan fingerprint density at radius 2 is 2.22 bits per heavy atom. The van der Waals surface area contributed by atoms with Crippen molar-refractivity contribution in [2.24, 2.45) is 5.92 Å². The van der Waals surface area contributed by atoms with Crippen molar-refractivity contribution >= 4 is 11.9 Å². The van der Waals surface area contributed by atoms with Gasteiger partial charge in [-0.15, -0.1) is 10.2 Å². The molecule has 1 aromatic carbocycles. The summed E-state index contributed by atoms with van der Waals surface area (Å²) in [6, 6.07) is 7.96. The molecule has 1 atom stereocenters. The highest BCUT2D eigenvalue weighted by Crippen LogP contribution is 2.20. The number of hydrogen-bond acceptors (Lipinski definition) is 7. The molecule has 0 amide bonds. The van der Waals surface area contributed by atoms with Gasteiger partial charge >= 0.3 is 0 Å². The molecule has 1 fully saturated rings. The predicted molar refractivity (Wildman–Crippen MR) is 87.7 cm³/mol. The van der Waals surface area contributed by atoms with Gasteiger partial charge in [-0.1, -0.05) is 0 Å². The molecule has 124 valence electrons. The Morgan fingerprint density at radius 1 is 1.35 bits per heavy atom. The van der Waals surface area contributed by atoms with Crippen molar-refractivity contribution in [1.82, 2.24) is 24.9 Å². The third-order valence-corrected chi connectivity index (χ3v) is 4.50. The average Bonchev–Trinajstić information content (AvgIpc) is 3.05. The van der Waals surface area contributed by atoms with E-state index in [2.05, 4.69) is 20.1 Å². The largest absolute Gasteiger partial charge is 0.395 e. The zero-order valence-electron chi connectivity index (χ0n) is 12.9. The Labute approximate surface area is 139 Å². The first kappa shape index (κ1) is 16.4. The molecule has 8 heteroatoms. The molecule has 3 rings (SSSR count). The van der Waals surface area contributed by atoms with Crippen molar-refractivity contribution in [2.45, 2.75) is 24.3 Å². The van der Waals surface area contributed by atoms with Gasteiger partial charge in [-0.3, -0.25) is 4.72 Å². The van der Waals surface area contributed by atoms with Crippen LogP contribution in [0.15, 0.2) is 29.2 Å². The normalized spacial score (nSPS) is 18.2. The minimum absolute atomic E-state index is 0.129. The summed E-state index contributed by atoms with van der Waals surface area (Å²) in [7, 11) is 0. The van der Waals surface area contributed by atoms with E-state index in [0.29, 0.717) is 18.3 Å². The van der Waals surface area contributed by atoms with Crippen molar-refractivity contribution < 1.29 is 9.84 Å². The summed E-state index contributed by atoms with van der Waals surface area (Å²) in [4.78, 5) is 2.74. The average molecular weight is 335 g/mol. The third kappa shape index (κ3) is 4.74. The van der Waals surface area contributed by atoms with Gasteiger partial charge in [0.2, 0.25) is 5.82 Å². The molecule has 23 heavy (non-hydrogen) atoms. The van der Waals surface area contributed by atoms with Gasteiger partial charge in [0.25, 0.3) is 0 Å². The molecule has 2 aromatic rings. The second-order valence-corrected chi connectivity index (χ2v) is 6.46. The highest BCUT2D eigenvalue weighted by molar-refractivity contribution is 7.97. The van der Waals surface area contributed by atoms with Crippen LogP contribution in [0.1, 0.15) is 12.8 Å². The first-order valence-corrected chi connectivity index (χ1v) is 8.63. The maximum Gasteiger partial charge on any atom is 0.204 e. The Hall–Kier alpha value is -1.48. The lowest BCUT2D eigenvalue weighted by Gasteiger charge is -2.20. The first-order chi connectivity index (χ1) is 11.3. The lowest BCUT2D eigenvalue weighted by atomic mass is 10.0. The molecule has 2 heterocycles. The fourth-order valence-corrected chi connectivity index (χ4v) is 3.10. The van der Waals surface area contributed by atoms with Gasteiger partial charge in [0.1, 0.15) is 0 Å². The molecule has 7 nitrogen and oxygen atoms in total. The molecule has 0 aliphatic carbocycles. The second kappa shape index (κ2) is 8.39. The fourth-order valence-electron chi connectivity index (χ4n) is 2.47. The minimum atomic E-state index is 0.129. The van der Waals surface area contributed by atoms with E-state index in [0.717, 1.165) is 43.1 Å². The third-order valence-electron chi connectivity index (χ3n) is 3.65. The standard InChI is InChI=1S/C15H21N5O2S/c21-8-7-16-23-14-5-3-13(4-6-14)15-17-19-20(18-15)10-12-2-1-9-22-11-12/h3-6,12,16,21H,1-2,7-11H2. The van der Waals surface area contributed by atoms with Gasteiger partial charge in [0, 0.05) is 29.5 Å². The summed E-state index contributed by atoms with van der Waals surface area (Å²) < 4.78 is 8.55. The summed E-state index contributed by atoms with van der Waals surface area (Å²) in [6.07, 6.45) is 2.26. The smallest absolute Gasteiger partial charge is 0.204 e. The maximum absolute atomic E-state index is 8.75. The summed E-state index contributed by atoms with van der Waals surface area (Å²) >= 11 is 1.49. The molecule has 0 saturated carbocycles. The van der Waals surface area contributed by atoms with E-state index in [1.54, 1.807) is 4.80 Å². The van der Waals surface area contributed by atoms with Gasteiger partial charge in [0.15, 0.2) is 0 Å². The highest BCUT2D eigenvalue weighted by Gasteiger charge is 2.16. The van der Waals surface area contributed by atoms with E-state index in [9.17, 15) is 0 Å². The maximum atomic E-state index is 8.75. The topological polar surface area (TPSA) is 85.1 Å². The van der Waals surface area contributed by atoms with E-state index in [4.69, 9.17) is 9.84 Å². The van der Waals surface area contributed by atoms with Crippen LogP contribution in [0.4, 0.5) is 0 Å². The molecule has 1 aliphatic rings. The van der Waals surface area contributed by atoms with Crippen LogP contribution in [0, 0.1) is 5.92 Å². The van der Waals surface area contributed by atoms with Crippen molar-refractivity contribution in [3.63, 3.8) is 0 Å². The van der Waals surface area contributed by atoms with Crippen LogP contribution in [0.25, 0.3) is 11.4 Å². The number of nitrogens with one attached hydrogen (secondary N) is 1. The van der Waals surface area contributed by atoms with E-state index >= 15 is 0 Å². The number of rotatable bonds is 7. The van der Waals surface area contributed by atoms with Crippen LogP contribution in [-0.4, -0.2) is 51.7 Å². The number of ether oxygens (including phenoxy) is 1. The lowest BCUT2D eigenvalue weighted by molar-refractivity contribution is 0.0451. The first-order valence-electron chi connectivity index (χ1n) is 7.81. The van der Waals surface area contributed by atoms with Gasteiger partial charge in [-0.25, -0.2) is 0 Å². The zero-order chi connectivity index (χ0) is 15.9. The molecule has 2 N–H and O–H groups in total. The molecule has 1 saturated heterocycles. The van der Waals surface area contributed by atoms with Crippen molar-refractivity contribution in [2.75, 3.05) is 26.4 Å². The van der Waals surface area contributed by atoms with Crippen LogP contribution in [-0.2, 0) is 11.3 Å². The van der Waals surface area contributed by atoms with Crippen LogP contribution >= 0.6 is 11.9 Å². The van der Waals surface area contributed by atoms with Gasteiger partial charge < -0.3 is 9.84 Å². The Balaban J connectivity index is 1.58. The molecule has 1 unspecified atom stereocenters. The second-order valence-electron chi connectivity index (χ2n) is 5.50. The molecular formula is C15H21N5O2S. The van der Waals surface area contributed by atoms with Crippen LogP contribution in [0.5, 0.6) is 0 Å². The number of nitrogens with zero attached hydrogens (tertiary/aromatic N) is 4. The van der Waals surface area contributed by atoms with E-state index < -0.39 is 0 Å². The van der Waals surface area contributed by atoms with Crippen LogP contribution < -0.4 is 4.72 Å². The summed E-state index contributed by atoms with van der Waals surface area (Å²) in [6.45, 7) is 3.09. The number of aliphatic hydroxyl groups is 1. The van der Waals surface area contributed by atoms with Crippen molar-refractivity contribution in [3.8, 4) is 11.4 Å². The zero-order valence-corrected chi connectivity index (χ0v) is 13.7. The molecular weight excluding hydrogens is 314 g/mol. The number of tetrazole rings is 1. The Morgan fingerprint density at radius 3 is 2.96 bits per heavy atom. The van der Waals surface area contributed by atoms with Crippen molar-refractivity contribution in [3.05, 3.63) is 24.3 Å². The van der Waals surface area contributed by atoms with E-state index in [1.165, 1.54) is 11.9 Å². The van der Waals surface area contributed by atoms with Gasteiger partial charge in [-0.05, 0) is 54.3 Å². The number of aromatic nitrogens is 4. The molecule has 1 aromatic heterocycles. The molecule has 1 aliphatic heterocycles. The van der Waals surface area contributed by atoms with E-state index in [1.807, 2.05) is 24.3 Å². The fraction of sp³-hybridized carbons (Fsp3) is 0.533. The monoisotopic (exact) mass is 335 g/mol. The Kier molecular flexibility index (Phi) is 5.98. The predicted octanol–water partition coefficient (Wildman–Crippen LogP) is 1.36. The van der Waals surface area contributed by atoms with Gasteiger partial charge in [0.05, 0.1) is 19.8 Å². The summed E-state index contributed by atoms with van der Waals surface area (Å²) in [5, 5.41) is 21.5. The number of aliphatic hydroxyl groups excluding tert-OH is 1. The molecule has 0 radical (unpaired) electrons. The lowest BCUT2D eigenvalue weighted by Crippen LogP contribution is -2.23. The number of hydrogen-bond donors (Lipinski definition) is 2. The molecule has 0 spiro atoms.